The number of pyridine rings is 1. The Bertz CT molecular complexity index is 1610. The molecule has 2 atom stereocenters. The summed E-state index contributed by atoms with van der Waals surface area (Å²) in [4.78, 5) is 39.6. The minimum absolute atomic E-state index is 0.0593. The van der Waals surface area contributed by atoms with E-state index in [4.69, 9.17) is 4.74 Å². The van der Waals surface area contributed by atoms with Gasteiger partial charge in [-0.1, -0.05) is 37.3 Å². The smallest absolute Gasteiger partial charge is 0.318 e. The zero-order valence-electron chi connectivity index (χ0n) is 22.7. The zero-order valence-corrected chi connectivity index (χ0v) is 22.7. The van der Waals surface area contributed by atoms with Gasteiger partial charge >= 0.3 is 6.03 Å². The van der Waals surface area contributed by atoms with Gasteiger partial charge in [0, 0.05) is 25.6 Å². The van der Waals surface area contributed by atoms with E-state index in [9.17, 15) is 14.7 Å². The van der Waals surface area contributed by atoms with Crippen LogP contribution in [-0.2, 0) is 0 Å². The normalized spacial score (nSPS) is 17.6. The molecule has 0 saturated carbocycles. The number of anilines is 1. The highest BCUT2D eigenvalue weighted by Gasteiger charge is 2.52. The average molecular weight is 545 g/mol. The van der Waals surface area contributed by atoms with Crippen molar-refractivity contribution in [3.05, 3.63) is 81.8 Å². The lowest BCUT2D eigenvalue weighted by atomic mass is 9.90. The Hall–Kier alpha value is -4.45. The number of β-amino-alcohol motifs (C(OH)–C–C–N with tert-alkyl or cyclic N) is 1. The molecule has 12 nitrogen and oxygen atoms in total. The molecule has 2 saturated heterocycles. The van der Waals surface area contributed by atoms with Gasteiger partial charge in [-0.05, 0) is 31.0 Å². The summed E-state index contributed by atoms with van der Waals surface area (Å²) in [6, 6.07) is 11.9. The van der Waals surface area contributed by atoms with Gasteiger partial charge in [-0.2, -0.15) is 0 Å². The molecule has 2 fully saturated rings. The average Bonchev–Trinajstić information content (AvgIpc) is 3.50. The van der Waals surface area contributed by atoms with Gasteiger partial charge in [0.2, 0.25) is 0 Å². The van der Waals surface area contributed by atoms with Crippen LogP contribution in [0, 0.1) is 13.8 Å². The summed E-state index contributed by atoms with van der Waals surface area (Å²) in [5, 5.41) is 18.5. The highest BCUT2D eigenvalue weighted by Crippen LogP contribution is 2.32. The second-order valence-electron chi connectivity index (χ2n) is 10.9. The number of ether oxygens (including phenoxy) is 1. The SMILES string of the molecule is Cc1c(N2CC3(CN(CC(O)c4nc5c(C)cc(OC[C@H](C)c6ccccc6)cn5n4)C(=O)N3)C2)nc[nH]c1=O. The molecule has 4 aromatic rings. The van der Waals surface area contributed by atoms with Crippen molar-refractivity contribution in [3.8, 4) is 5.75 Å². The van der Waals surface area contributed by atoms with Crippen LogP contribution in [0.2, 0.25) is 0 Å². The standard InChI is InChI=1S/C28H32N8O4/c1-17-9-21(40-12-18(2)20-7-5-4-6-8-20)10-36-24(17)31-23(33-36)22(37)11-34-13-28(32-27(34)39)14-35(15-28)25-19(3)26(38)30-16-29-25/h4-10,16,18,22,37H,11-15H2,1-3H3,(H,32,39)(H,29,30,38)/t18-,22?/m0/s1. The van der Waals surface area contributed by atoms with E-state index >= 15 is 0 Å². The monoisotopic (exact) mass is 544 g/mol. The Kier molecular flexibility index (Phi) is 6.41. The number of urea groups is 1. The molecule has 3 N–H and O–H groups in total. The third kappa shape index (κ3) is 4.75. The van der Waals surface area contributed by atoms with E-state index in [1.165, 1.54) is 11.9 Å². The summed E-state index contributed by atoms with van der Waals surface area (Å²) in [5.41, 5.74) is 2.60. The van der Waals surface area contributed by atoms with Gasteiger partial charge in [-0.15, -0.1) is 5.10 Å². The Balaban J connectivity index is 1.10. The molecule has 5 heterocycles. The first-order valence-corrected chi connectivity index (χ1v) is 13.3. The first-order valence-electron chi connectivity index (χ1n) is 13.3. The fraction of sp³-hybridized carbons (Fsp3) is 0.393. The van der Waals surface area contributed by atoms with Crippen molar-refractivity contribution in [2.45, 2.75) is 38.3 Å². The Morgan fingerprint density at radius 3 is 2.70 bits per heavy atom. The highest BCUT2D eigenvalue weighted by atomic mass is 16.5. The lowest BCUT2D eigenvalue weighted by Gasteiger charge is -2.48. The van der Waals surface area contributed by atoms with Crippen LogP contribution in [0.25, 0.3) is 5.65 Å². The van der Waals surface area contributed by atoms with Crippen molar-refractivity contribution in [2.75, 3.05) is 37.7 Å². The second-order valence-corrected chi connectivity index (χ2v) is 10.9. The molecule has 2 aliphatic heterocycles. The molecule has 0 radical (unpaired) electrons. The number of benzene rings is 1. The summed E-state index contributed by atoms with van der Waals surface area (Å²) in [5.74, 6) is 1.74. The molecule has 1 spiro atoms. The predicted molar refractivity (Wildman–Crippen MR) is 148 cm³/mol. The number of aryl methyl sites for hydroxylation is 1. The topological polar surface area (TPSA) is 141 Å². The van der Waals surface area contributed by atoms with E-state index < -0.39 is 11.6 Å². The third-order valence-electron chi connectivity index (χ3n) is 7.67. The van der Waals surface area contributed by atoms with Crippen molar-refractivity contribution in [2.24, 2.45) is 0 Å². The fourth-order valence-corrected chi connectivity index (χ4v) is 5.46. The molecule has 6 rings (SSSR count). The number of nitrogens with zero attached hydrogens (tertiary/aromatic N) is 6. The van der Waals surface area contributed by atoms with Crippen molar-refractivity contribution in [1.82, 2.24) is 34.8 Å². The van der Waals surface area contributed by atoms with Gasteiger partial charge < -0.3 is 29.9 Å². The van der Waals surface area contributed by atoms with Gasteiger partial charge in [0.05, 0.1) is 36.8 Å². The maximum atomic E-state index is 12.8. The number of hydrogen-bond donors (Lipinski definition) is 3. The summed E-state index contributed by atoms with van der Waals surface area (Å²) < 4.78 is 7.67. The number of aliphatic hydroxyl groups is 1. The molecule has 0 bridgehead atoms. The van der Waals surface area contributed by atoms with Crippen LogP contribution < -0.4 is 20.5 Å². The van der Waals surface area contributed by atoms with Crippen LogP contribution in [0.4, 0.5) is 10.6 Å². The molecule has 208 valence electrons. The largest absolute Gasteiger partial charge is 0.491 e. The van der Waals surface area contributed by atoms with Crippen LogP contribution in [-0.4, -0.2) is 78.9 Å². The van der Waals surface area contributed by atoms with Gasteiger partial charge in [0.25, 0.3) is 5.56 Å². The maximum Gasteiger partial charge on any atom is 0.318 e. The number of aromatic amines is 1. The number of rotatable bonds is 8. The molecule has 0 aliphatic carbocycles. The predicted octanol–water partition coefficient (Wildman–Crippen LogP) is 1.93. The van der Waals surface area contributed by atoms with Gasteiger partial charge in [-0.3, -0.25) is 4.79 Å². The number of hydrogen-bond acceptors (Lipinski definition) is 8. The molecular weight excluding hydrogens is 512 g/mol. The Labute approximate surface area is 230 Å². The van der Waals surface area contributed by atoms with Crippen molar-refractivity contribution >= 4 is 17.5 Å². The number of carbonyl (C=O) groups is 1. The summed E-state index contributed by atoms with van der Waals surface area (Å²) in [7, 11) is 0. The quantitative estimate of drug-likeness (QED) is 0.306. The number of H-pyrrole nitrogens is 1. The number of aromatic nitrogens is 5. The van der Waals surface area contributed by atoms with Crippen LogP contribution in [0.5, 0.6) is 5.75 Å². The van der Waals surface area contributed by atoms with Crippen molar-refractivity contribution < 1.29 is 14.6 Å². The molecule has 1 aromatic carbocycles. The van der Waals surface area contributed by atoms with Crippen molar-refractivity contribution in [1.29, 1.82) is 0 Å². The first-order chi connectivity index (χ1) is 19.2. The number of nitrogens with one attached hydrogen (secondary N) is 2. The maximum absolute atomic E-state index is 12.8. The molecule has 12 heteroatoms. The molecule has 40 heavy (non-hydrogen) atoms. The van der Waals surface area contributed by atoms with E-state index in [2.05, 4.69) is 44.4 Å². The Morgan fingerprint density at radius 2 is 1.93 bits per heavy atom. The van der Waals surface area contributed by atoms with E-state index in [1.807, 2.05) is 36.1 Å². The lowest BCUT2D eigenvalue weighted by molar-refractivity contribution is 0.120. The highest BCUT2D eigenvalue weighted by molar-refractivity contribution is 5.79. The first kappa shape index (κ1) is 25.8. The van der Waals surface area contributed by atoms with E-state index in [0.717, 1.165) is 5.56 Å². The van der Waals surface area contributed by atoms with Crippen molar-refractivity contribution in [3.63, 3.8) is 0 Å². The molecule has 2 aliphatic rings. The fourth-order valence-electron chi connectivity index (χ4n) is 5.46. The zero-order chi connectivity index (χ0) is 28.0. The van der Waals surface area contributed by atoms with E-state index in [1.54, 1.807) is 22.5 Å². The summed E-state index contributed by atoms with van der Waals surface area (Å²) in [6.07, 6.45) is 2.08. The Morgan fingerprint density at radius 1 is 1.15 bits per heavy atom. The van der Waals surface area contributed by atoms with Crippen LogP contribution in [0.15, 0.2) is 53.7 Å². The minimum Gasteiger partial charge on any atom is -0.491 e. The molecule has 1 unspecified atom stereocenters. The molecular formula is C28H32N8O4. The van der Waals surface area contributed by atoms with Gasteiger partial charge in [-0.25, -0.2) is 19.3 Å². The number of fused-ring (bicyclic) bond motifs is 1. The van der Waals surface area contributed by atoms with Gasteiger partial charge in [0.1, 0.15) is 17.7 Å². The molecule has 2 amide bonds. The molecule has 3 aromatic heterocycles. The second kappa shape index (κ2) is 9.94. The number of aliphatic hydroxyl groups excluding tert-OH is 1. The minimum atomic E-state index is -1.06. The van der Waals surface area contributed by atoms with Crippen LogP contribution >= 0.6 is 0 Å². The van der Waals surface area contributed by atoms with Crippen LogP contribution in [0.3, 0.4) is 0 Å². The number of amides is 2. The van der Waals surface area contributed by atoms with E-state index in [-0.39, 0.29) is 29.9 Å². The lowest BCUT2D eigenvalue weighted by Crippen LogP contribution is -2.69. The number of carbonyl (C=O) groups excluding carboxylic acids is 1. The van der Waals surface area contributed by atoms with E-state index in [0.29, 0.717) is 49.0 Å². The third-order valence-corrected chi connectivity index (χ3v) is 7.67. The summed E-state index contributed by atoms with van der Waals surface area (Å²) >= 11 is 0. The summed E-state index contributed by atoms with van der Waals surface area (Å²) in [6.45, 7) is 7.82. The van der Waals surface area contributed by atoms with Crippen LogP contribution in [0.1, 0.15) is 41.5 Å². The van der Waals surface area contributed by atoms with Gasteiger partial charge in [0.15, 0.2) is 11.5 Å².